The third-order valence-electron chi connectivity index (χ3n) is 13.6. The van der Waals surface area contributed by atoms with Gasteiger partial charge in [-0.15, -0.1) is 0 Å². The highest BCUT2D eigenvalue weighted by Crippen LogP contribution is 2.53. The minimum Gasteiger partial charge on any atom is -0.489 e. The number of rotatable bonds is 8. The number of carbonyl (C=O) groups excluding carboxylic acids is 1. The Kier molecular flexibility index (Phi) is 12.7. The number of nitrogens with zero attached hydrogens (tertiary/aromatic N) is 5. The lowest BCUT2D eigenvalue weighted by Crippen LogP contribution is -2.42. The van der Waals surface area contributed by atoms with Crippen LogP contribution in [0.4, 0.5) is 4.79 Å². The van der Waals surface area contributed by atoms with E-state index in [0.717, 1.165) is 114 Å². The van der Waals surface area contributed by atoms with E-state index in [1.54, 1.807) is 0 Å². The maximum Gasteiger partial charge on any atom is 0.410 e. The van der Waals surface area contributed by atoms with Crippen LogP contribution in [0.3, 0.4) is 0 Å². The van der Waals surface area contributed by atoms with Crippen molar-refractivity contribution in [3.63, 3.8) is 0 Å². The van der Waals surface area contributed by atoms with Gasteiger partial charge in [-0.3, -0.25) is 0 Å². The van der Waals surface area contributed by atoms with Crippen LogP contribution in [0.2, 0.25) is 0 Å². The lowest BCUT2D eigenvalue weighted by molar-refractivity contribution is 0.0183. The molecule has 8 rings (SSSR count). The van der Waals surface area contributed by atoms with Crippen molar-refractivity contribution in [2.75, 3.05) is 66.5 Å². The van der Waals surface area contributed by atoms with Gasteiger partial charge in [-0.2, -0.15) is 10.5 Å². The Morgan fingerprint density at radius 1 is 0.754 bits per heavy atom. The van der Waals surface area contributed by atoms with Crippen LogP contribution in [-0.4, -0.2) is 105 Å². The quantitative estimate of drug-likeness (QED) is 0.290. The molecule has 0 bridgehead atoms. The second-order valence-corrected chi connectivity index (χ2v) is 19.7. The number of carbonyl (C=O) groups is 1. The summed E-state index contributed by atoms with van der Waals surface area (Å²) in [5, 5.41) is 22.4. The number of hydrogen-bond donors (Lipinski definition) is 1. The zero-order chi connectivity index (χ0) is 40.2. The van der Waals surface area contributed by atoms with E-state index in [2.05, 4.69) is 65.6 Å². The fourth-order valence-corrected chi connectivity index (χ4v) is 10.5. The maximum absolute atomic E-state index is 12.4. The number of hydrogen-bond acceptors (Lipinski definition) is 9. The largest absolute Gasteiger partial charge is 0.489 e. The van der Waals surface area contributed by atoms with Crippen molar-refractivity contribution < 1.29 is 19.0 Å². The first-order valence-corrected chi connectivity index (χ1v) is 21.8. The summed E-state index contributed by atoms with van der Waals surface area (Å²) in [5.74, 6) is 2.96. The van der Waals surface area contributed by atoms with E-state index >= 15 is 0 Å². The van der Waals surface area contributed by atoms with E-state index in [-0.39, 0.29) is 23.7 Å². The molecule has 1 N–H and O–H groups in total. The van der Waals surface area contributed by atoms with Gasteiger partial charge in [0.15, 0.2) is 0 Å². The molecule has 2 spiro atoms. The Bertz CT molecular complexity index is 1770. The zero-order valence-corrected chi connectivity index (χ0v) is 35.3. The van der Waals surface area contributed by atoms with Crippen molar-refractivity contribution in [1.29, 1.82) is 10.5 Å². The standard InChI is InChI=1S/C26H37N3O3.C21H29N3O/c1-25(2,3)32-24(30)29-12-9-26(18-29)15-20(16-26)13-19-5-6-21(17-27)23(14-19)31-22-7-10-28(4)11-8-22;1-24-8-4-19(5-9-24)25-20-11-16(2-3-18(20)14-22)10-17-12-21(13-17)6-7-23-15-21/h5-6,14,20,22H,7-13,15-16,18H2,1-4H3;2-3,11,17,19,23H,4-10,12-13,15H2,1H3. The molecular formula is C47H66N6O4. The van der Waals surface area contributed by atoms with Crippen LogP contribution in [-0.2, 0) is 17.6 Å². The molecule has 2 aliphatic carbocycles. The first kappa shape index (κ1) is 41.3. The van der Waals surface area contributed by atoms with Crippen molar-refractivity contribution in [3.05, 3.63) is 58.7 Å². The molecule has 0 radical (unpaired) electrons. The lowest BCUT2D eigenvalue weighted by atomic mass is 9.60. The molecule has 308 valence electrons. The molecule has 4 saturated heterocycles. The van der Waals surface area contributed by atoms with Crippen molar-refractivity contribution >= 4 is 6.09 Å². The predicted molar refractivity (Wildman–Crippen MR) is 222 cm³/mol. The molecule has 57 heavy (non-hydrogen) atoms. The van der Waals surface area contributed by atoms with Crippen molar-refractivity contribution in [2.45, 2.75) is 116 Å². The second kappa shape index (κ2) is 17.6. The zero-order valence-electron chi connectivity index (χ0n) is 35.3. The molecule has 0 atom stereocenters. The number of benzene rings is 2. The first-order valence-electron chi connectivity index (χ1n) is 21.8. The Labute approximate surface area is 341 Å². The van der Waals surface area contributed by atoms with Gasteiger partial charge in [0.1, 0.15) is 41.4 Å². The van der Waals surface area contributed by atoms with Crippen LogP contribution in [0.15, 0.2) is 36.4 Å². The van der Waals surface area contributed by atoms with E-state index in [0.29, 0.717) is 22.5 Å². The predicted octanol–water partition coefficient (Wildman–Crippen LogP) is 7.57. The van der Waals surface area contributed by atoms with Crippen LogP contribution in [0.1, 0.15) is 107 Å². The average Bonchev–Trinajstić information content (AvgIpc) is 3.83. The molecule has 0 aromatic heterocycles. The number of nitrogens with one attached hydrogen (secondary N) is 1. The number of nitriles is 2. The molecule has 2 aromatic carbocycles. The third kappa shape index (κ3) is 10.6. The van der Waals surface area contributed by atoms with Crippen molar-refractivity contribution in [3.8, 4) is 23.6 Å². The molecule has 2 saturated carbocycles. The van der Waals surface area contributed by atoms with Gasteiger partial charge in [0, 0.05) is 45.8 Å². The molecule has 6 aliphatic rings. The summed E-state index contributed by atoms with van der Waals surface area (Å²) >= 11 is 0. The van der Waals surface area contributed by atoms with E-state index in [9.17, 15) is 15.3 Å². The fourth-order valence-electron chi connectivity index (χ4n) is 10.5. The molecule has 6 fully saturated rings. The molecular weight excluding hydrogens is 713 g/mol. The monoisotopic (exact) mass is 779 g/mol. The van der Waals surface area contributed by atoms with Crippen LogP contribution in [0.25, 0.3) is 0 Å². The summed E-state index contributed by atoms with van der Waals surface area (Å²) in [6.07, 6.45) is 13.9. The van der Waals surface area contributed by atoms with Crippen LogP contribution in [0.5, 0.6) is 11.5 Å². The van der Waals surface area contributed by atoms with Crippen molar-refractivity contribution in [1.82, 2.24) is 20.0 Å². The highest BCUT2D eigenvalue weighted by Gasteiger charge is 2.50. The number of ether oxygens (including phenoxy) is 3. The van der Waals surface area contributed by atoms with Crippen LogP contribution >= 0.6 is 0 Å². The SMILES string of the molecule is CN1CCC(Oc2cc(CC3CC4(CCN(C(=O)OC(C)(C)C)C4)C3)ccc2C#N)CC1.CN1CCC(Oc2cc(CC3CC4(CCNC4)C3)ccc2C#N)CC1. The van der Waals surface area contributed by atoms with E-state index < -0.39 is 5.60 Å². The van der Waals surface area contributed by atoms with Gasteiger partial charge in [0.25, 0.3) is 0 Å². The minimum atomic E-state index is -0.447. The Balaban J connectivity index is 0.000000179. The topological polar surface area (TPSA) is 114 Å². The summed E-state index contributed by atoms with van der Waals surface area (Å²) < 4.78 is 18.1. The van der Waals surface area contributed by atoms with Gasteiger partial charge in [0.2, 0.25) is 0 Å². The highest BCUT2D eigenvalue weighted by molar-refractivity contribution is 5.68. The minimum absolute atomic E-state index is 0.180. The van der Waals surface area contributed by atoms with Gasteiger partial charge >= 0.3 is 6.09 Å². The maximum atomic E-state index is 12.4. The van der Waals surface area contributed by atoms with Gasteiger partial charge < -0.3 is 34.2 Å². The highest BCUT2D eigenvalue weighted by atomic mass is 16.6. The number of likely N-dealkylation sites (tertiary alicyclic amines) is 3. The summed E-state index contributed by atoms with van der Waals surface area (Å²) in [7, 11) is 4.29. The van der Waals surface area contributed by atoms with Crippen molar-refractivity contribution in [2.24, 2.45) is 22.7 Å². The van der Waals surface area contributed by atoms with E-state index in [1.807, 2.05) is 37.8 Å². The van der Waals surface area contributed by atoms with E-state index in [1.165, 1.54) is 43.5 Å². The van der Waals surface area contributed by atoms with Gasteiger partial charge in [-0.25, -0.2) is 4.79 Å². The Hall–Kier alpha value is -3.83. The average molecular weight is 779 g/mol. The summed E-state index contributed by atoms with van der Waals surface area (Å²) in [5.41, 5.74) is 4.29. The second-order valence-electron chi connectivity index (χ2n) is 19.7. The fraction of sp³-hybridized carbons (Fsp3) is 0.681. The summed E-state index contributed by atoms with van der Waals surface area (Å²) in [6, 6.07) is 16.9. The van der Waals surface area contributed by atoms with Gasteiger partial charge in [-0.05, 0) is 177 Å². The molecule has 10 nitrogen and oxygen atoms in total. The molecule has 4 aliphatic heterocycles. The molecule has 1 amide bonds. The normalized spacial score (nSPS) is 28.2. The van der Waals surface area contributed by atoms with Crippen LogP contribution < -0.4 is 14.8 Å². The summed E-state index contributed by atoms with van der Waals surface area (Å²) in [6.45, 7) is 14.0. The number of piperidine rings is 2. The van der Waals surface area contributed by atoms with Gasteiger partial charge in [-0.1, -0.05) is 12.1 Å². The van der Waals surface area contributed by atoms with Crippen LogP contribution in [0, 0.1) is 45.3 Å². The molecule has 2 aromatic rings. The number of amides is 1. The van der Waals surface area contributed by atoms with E-state index in [4.69, 9.17) is 14.2 Å². The molecule has 4 heterocycles. The lowest BCUT2D eigenvalue weighted by Gasteiger charge is -2.45. The molecule has 10 heteroatoms. The smallest absolute Gasteiger partial charge is 0.410 e. The summed E-state index contributed by atoms with van der Waals surface area (Å²) in [4.78, 5) is 18.9. The first-order chi connectivity index (χ1) is 27.3. The third-order valence-corrected chi connectivity index (χ3v) is 13.6. The Morgan fingerprint density at radius 3 is 1.68 bits per heavy atom. The molecule has 0 unspecified atom stereocenters. The Morgan fingerprint density at radius 2 is 1.25 bits per heavy atom. The van der Waals surface area contributed by atoms with Gasteiger partial charge in [0.05, 0.1) is 11.1 Å².